The van der Waals surface area contributed by atoms with E-state index in [1.54, 1.807) is 18.1 Å². The second-order valence-electron chi connectivity index (χ2n) is 10.4. The average Bonchev–Trinajstić information content (AvgIpc) is 3.00. The molecule has 7 nitrogen and oxygen atoms in total. The molecule has 1 fully saturated rings. The highest BCUT2D eigenvalue weighted by Gasteiger charge is 2.24. The molecule has 0 saturated carbocycles. The van der Waals surface area contributed by atoms with E-state index in [2.05, 4.69) is 22.3 Å². The van der Waals surface area contributed by atoms with Gasteiger partial charge in [-0.2, -0.15) is 0 Å². The summed E-state index contributed by atoms with van der Waals surface area (Å²) >= 11 is 0. The first-order chi connectivity index (χ1) is 19.6. The third-order valence-electron chi connectivity index (χ3n) is 7.63. The Morgan fingerprint density at radius 3 is 2.50 bits per heavy atom. The highest BCUT2D eigenvalue weighted by Crippen LogP contribution is 2.33. The van der Waals surface area contributed by atoms with Crippen LogP contribution in [0.15, 0.2) is 78.9 Å². The van der Waals surface area contributed by atoms with E-state index in [9.17, 15) is 4.79 Å². The fourth-order valence-electron chi connectivity index (χ4n) is 5.41. The van der Waals surface area contributed by atoms with Crippen LogP contribution in [0.1, 0.15) is 40.4 Å². The lowest BCUT2D eigenvalue weighted by Gasteiger charge is -2.32. The van der Waals surface area contributed by atoms with Crippen LogP contribution in [0.4, 0.5) is 0 Å². The number of benzene rings is 3. The van der Waals surface area contributed by atoms with Crippen LogP contribution in [-0.2, 0) is 6.54 Å². The second kappa shape index (κ2) is 12.9. The largest absolute Gasteiger partial charge is 0.494 e. The molecule has 7 heteroatoms. The molecule has 1 N–H and O–H groups in total. The van der Waals surface area contributed by atoms with Crippen LogP contribution >= 0.6 is 0 Å². The Balaban J connectivity index is 1.38. The topological polar surface area (TPSA) is 66.9 Å². The number of amides is 1. The zero-order valence-electron chi connectivity index (χ0n) is 23.6. The van der Waals surface area contributed by atoms with E-state index in [0.717, 1.165) is 72.7 Å². The third-order valence-corrected chi connectivity index (χ3v) is 7.63. The number of fused-ring (bicyclic) bond motifs is 1. The van der Waals surface area contributed by atoms with Crippen molar-refractivity contribution in [3.05, 3.63) is 95.7 Å². The fourth-order valence-corrected chi connectivity index (χ4v) is 5.41. The van der Waals surface area contributed by atoms with Crippen LogP contribution < -0.4 is 14.8 Å². The second-order valence-corrected chi connectivity index (χ2v) is 10.4. The Bertz CT molecular complexity index is 1430. The number of ether oxygens (including phenoxy) is 2. The number of methoxy groups -OCH3 is 1. The molecular formula is C33H38N4O3. The van der Waals surface area contributed by atoms with Gasteiger partial charge in [-0.1, -0.05) is 36.4 Å². The first-order valence-corrected chi connectivity index (χ1v) is 14.0. The van der Waals surface area contributed by atoms with Gasteiger partial charge >= 0.3 is 0 Å². The van der Waals surface area contributed by atoms with Gasteiger partial charge in [0, 0.05) is 49.2 Å². The lowest BCUT2D eigenvalue weighted by molar-refractivity contribution is 0.0785. The SMILES string of the molecule is CNCCN1CCC(c2cc(CN(C)C(=O)c3cccc(Oc4ccccc4)c3)c3cccc(OC)c3n2)CC1. The third kappa shape index (κ3) is 6.43. The van der Waals surface area contributed by atoms with Gasteiger partial charge in [0.05, 0.1) is 7.11 Å². The number of carbonyl (C=O) groups is 1. The summed E-state index contributed by atoms with van der Waals surface area (Å²) in [7, 11) is 5.53. The number of likely N-dealkylation sites (N-methyl/N-ethyl adjacent to an activating group) is 1. The van der Waals surface area contributed by atoms with Crippen molar-refractivity contribution in [1.29, 1.82) is 0 Å². The van der Waals surface area contributed by atoms with Gasteiger partial charge in [0.2, 0.25) is 0 Å². The molecular weight excluding hydrogens is 500 g/mol. The molecule has 1 saturated heterocycles. The van der Waals surface area contributed by atoms with Crippen molar-refractivity contribution in [3.8, 4) is 17.2 Å². The molecule has 5 rings (SSSR count). The van der Waals surface area contributed by atoms with Gasteiger partial charge in [-0.25, -0.2) is 4.98 Å². The molecule has 0 radical (unpaired) electrons. The standard InChI is InChI=1S/C33H38N4O3/c1-34-17-20-37-18-15-24(16-19-37)30-22-26(29-13-8-14-31(39-3)32(29)35-30)23-36(2)33(38)25-9-7-12-28(21-25)40-27-10-5-4-6-11-27/h4-14,21-22,24,34H,15-20,23H2,1-3H3. The molecule has 208 valence electrons. The Kier molecular flexibility index (Phi) is 8.94. The summed E-state index contributed by atoms with van der Waals surface area (Å²) < 4.78 is 11.7. The van der Waals surface area contributed by atoms with Crippen molar-refractivity contribution in [3.63, 3.8) is 0 Å². The van der Waals surface area contributed by atoms with Gasteiger partial charge in [0.15, 0.2) is 0 Å². The summed E-state index contributed by atoms with van der Waals surface area (Å²) in [5.74, 6) is 2.44. The number of rotatable bonds is 10. The van der Waals surface area contributed by atoms with Crippen molar-refractivity contribution in [2.75, 3.05) is 47.4 Å². The van der Waals surface area contributed by atoms with E-state index in [0.29, 0.717) is 23.8 Å². The molecule has 1 aliphatic rings. The highest BCUT2D eigenvalue weighted by atomic mass is 16.5. The van der Waals surface area contributed by atoms with Crippen molar-refractivity contribution >= 4 is 16.8 Å². The predicted octanol–water partition coefficient (Wildman–Crippen LogP) is 5.71. The number of para-hydroxylation sites is 2. The van der Waals surface area contributed by atoms with Crippen LogP contribution in [0, 0.1) is 0 Å². The smallest absolute Gasteiger partial charge is 0.254 e. The number of likely N-dealkylation sites (tertiary alicyclic amines) is 1. The van der Waals surface area contributed by atoms with Crippen molar-refractivity contribution < 1.29 is 14.3 Å². The van der Waals surface area contributed by atoms with Gasteiger partial charge in [-0.3, -0.25) is 4.79 Å². The van der Waals surface area contributed by atoms with E-state index >= 15 is 0 Å². The van der Waals surface area contributed by atoms with Gasteiger partial charge < -0.3 is 24.6 Å². The van der Waals surface area contributed by atoms with Gasteiger partial charge in [-0.05, 0) is 81.0 Å². The maximum absolute atomic E-state index is 13.5. The lowest BCUT2D eigenvalue weighted by Crippen LogP contribution is -2.37. The summed E-state index contributed by atoms with van der Waals surface area (Å²) in [6.07, 6.45) is 2.14. The Morgan fingerprint density at radius 1 is 1.00 bits per heavy atom. The number of pyridine rings is 1. The first-order valence-electron chi connectivity index (χ1n) is 14.0. The van der Waals surface area contributed by atoms with Crippen LogP contribution in [0.5, 0.6) is 17.2 Å². The Hall–Kier alpha value is -3.94. The van der Waals surface area contributed by atoms with Gasteiger partial charge in [0.1, 0.15) is 22.8 Å². The summed E-state index contributed by atoms with van der Waals surface area (Å²) in [6.45, 7) is 4.66. The molecule has 40 heavy (non-hydrogen) atoms. The van der Waals surface area contributed by atoms with Crippen molar-refractivity contribution in [2.24, 2.45) is 0 Å². The van der Waals surface area contributed by atoms with Crippen molar-refractivity contribution in [2.45, 2.75) is 25.3 Å². The number of piperidine rings is 1. The summed E-state index contributed by atoms with van der Waals surface area (Å²) in [4.78, 5) is 22.9. The molecule has 3 aromatic carbocycles. The minimum Gasteiger partial charge on any atom is -0.494 e. The van der Waals surface area contributed by atoms with E-state index < -0.39 is 0 Å². The maximum Gasteiger partial charge on any atom is 0.254 e. The molecule has 1 amide bonds. The molecule has 1 aliphatic heterocycles. The lowest BCUT2D eigenvalue weighted by atomic mass is 9.91. The first kappa shape index (κ1) is 27.6. The number of hydrogen-bond acceptors (Lipinski definition) is 6. The van der Waals surface area contributed by atoms with Crippen LogP contribution in [0.3, 0.4) is 0 Å². The quantitative estimate of drug-likeness (QED) is 0.279. The predicted molar refractivity (Wildman–Crippen MR) is 159 cm³/mol. The van der Waals surface area contributed by atoms with E-state index in [1.165, 1.54) is 0 Å². The van der Waals surface area contributed by atoms with Crippen LogP contribution in [0.2, 0.25) is 0 Å². The van der Waals surface area contributed by atoms with Crippen molar-refractivity contribution in [1.82, 2.24) is 20.1 Å². The van der Waals surface area contributed by atoms with Gasteiger partial charge in [0.25, 0.3) is 5.91 Å². The average molecular weight is 539 g/mol. The molecule has 0 spiro atoms. The zero-order chi connectivity index (χ0) is 27.9. The summed E-state index contributed by atoms with van der Waals surface area (Å²) in [6, 6.07) is 25.1. The maximum atomic E-state index is 13.5. The number of nitrogens with zero attached hydrogens (tertiary/aromatic N) is 3. The molecule has 1 aromatic heterocycles. The minimum atomic E-state index is -0.0641. The molecule has 0 unspecified atom stereocenters. The summed E-state index contributed by atoms with van der Waals surface area (Å²) in [5, 5.41) is 4.25. The van der Waals surface area contributed by atoms with E-state index in [1.807, 2.05) is 74.8 Å². The Labute approximate surface area is 236 Å². The molecule has 0 bridgehead atoms. The number of hydrogen-bond donors (Lipinski definition) is 1. The summed E-state index contributed by atoms with van der Waals surface area (Å²) in [5.41, 5.74) is 3.60. The monoisotopic (exact) mass is 538 g/mol. The molecule has 0 atom stereocenters. The molecule has 4 aromatic rings. The molecule has 2 heterocycles. The number of aromatic nitrogens is 1. The molecule has 0 aliphatic carbocycles. The fraction of sp³-hybridized carbons (Fsp3) is 0.333. The zero-order valence-corrected chi connectivity index (χ0v) is 23.6. The van der Waals surface area contributed by atoms with Crippen LogP contribution in [0.25, 0.3) is 10.9 Å². The van der Waals surface area contributed by atoms with E-state index in [-0.39, 0.29) is 5.91 Å². The minimum absolute atomic E-state index is 0.0641. The van der Waals surface area contributed by atoms with E-state index in [4.69, 9.17) is 14.5 Å². The van der Waals surface area contributed by atoms with Gasteiger partial charge in [-0.15, -0.1) is 0 Å². The Morgan fingerprint density at radius 2 is 1.75 bits per heavy atom. The highest BCUT2D eigenvalue weighted by molar-refractivity contribution is 5.95. The normalized spacial score (nSPS) is 14.3. The number of nitrogens with one attached hydrogen (secondary N) is 1. The number of carbonyl (C=O) groups excluding carboxylic acids is 1. The van der Waals surface area contributed by atoms with Crippen LogP contribution in [-0.4, -0.2) is 68.1 Å².